The van der Waals surface area contributed by atoms with E-state index in [9.17, 15) is 24.0 Å². The Morgan fingerprint density at radius 3 is 2.05 bits per heavy atom. The summed E-state index contributed by atoms with van der Waals surface area (Å²) in [4.78, 5) is 59.5. The van der Waals surface area contributed by atoms with E-state index in [1.54, 1.807) is 0 Å². The van der Waals surface area contributed by atoms with E-state index in [1.807, 2.05) is 0 Å². The van der Waals surface area contributed by atoms with Gasteiger partial charge in [-0.3, -0.25) is 9.59 Å². The fourth-order valence-corrected chi connectivity index (χ4v) is 3.12. The van der Waals surface area contributed by atoms with Crippen LogP contribution in [0.3, 0.4) is 0 Å². The Morgan fingerprint density at radius 1 is 0.842 bits per heavy atom. The van der Waals surface area contributed by atoms with Crippen molar-refractivity contribution in [3.05, 3.63) is 29.8 Å². The molecule has 0 unspecified atom stereocenters. The quantitative estimate of drug-likeness (QED) is 0.0611. The molecule has 0 saturated carbocycles. The highest BCUT2D eigenvalue weighted by atomic mass is 16.6. The summed E-state index contributed by atoms with van der Waals surface area (Å²) in [5, 5.41) is 11.8. The molecule has 5 atom stereocenters. The van der Waals surface area contributed by atoms with Crippen molar-refractivity contribution in [2.24, 2.45) is 22.9 Å². The minimum Gasteiger partial charge on any atom is -0.462 e. The number of hydrogen-bond donors (Lipinski definition) is 6. The molecule has 0 aliphatic carbocycles. The number of benzene rings is 1. The van der Waals surface area contributed by atoms with Gasteiger partial charge in [0.25, 0.3) is 0 Å². The lowest BCUT2D eigenvalue weighted by molar-refractivity contribution is -0.163. The van der Waals surface area contributed by atoms with Crippen molar-refractivity contribution in [1.29, 1.82) is 0 Å². The van der Waals surface area contributed by atoms with E-state index in [-0.39, 0.29) is 18.8 Å². The summed E-state index contributed by atoms with van der Waals surface area (Å²) in [5.41, 5.74) is 22.9. The lowest BCUT2D eigenvalue weighted by Crippen LogP contribution is -2.44. The summed E-state index contributed by atoms with van der Waals surface area (Å²) in [6, 6.07) is 0.385. The molecule has 0 spiro atoms. The summed E-state index contributed by atoms with van der Waals surface area (Å²) in [7, 11) is 0. The van der Waals surface area contributed by atoms with Crippen LogP contribution in [0, 0.1) is 0 Å². The van der Waals surface area contributed by atoms with Crippen molar-refractivity contribution in [1.82, 2.24) is 5.32 Å². The SMILES string of the molecule is N[C@@H](CO)C(=O)OC[C@H](N)C(=O)OC(=O)[C@@H](N)Cc1ccc(OC(=O)[C@@H](N)COC(=O)[C@@H]2CCCN2)cc1. The Morgan fingerprint density at radius 2 is 1.45 bits per heavy atom. The van der Waals surface area contributed by atoms with E-state index in [1.165, 1.54) is 24.3 Å². The molecule has 0 aromatic heterocycles. The van der Waals surface area contributed by atoms with Gasteiger partial charge in [0.2, 0.25) is 0 Å². The van der Waals surface area contributed by atoms with Crippen LogP contribution >= 0.6 is 0 Å². The van der Waals surface area contributed by atoms with Gasteiger partial charge >= 0.3 is 29.8 Å². The first-order valence-electron chi connectivity index (χ1n) is 11.8. The number of nitrogens with two attached hydrogens (primary N) is 4. The normalized spacial score (nSPS) is 18.0. The Bertz CT molecular complexity index is 983. The van der Waals surface area contributed by atoms with Crippen molar-refractivity contribution in [3.63, 3.8) is 0 Å². The molecule has 38 heavy (non-hydrogen) atoms. The van der Waals surface area contributed by atoms with Gasteiger partial charge in [0, 0.05) is 0 Å². The molecule has 1 aromatic carbocycles. The van der Waals surface area contributed by atoms with Gasteiger partial charge in [-0.2, -0.15) is 0 Å². The molecule has 210 valence electrons. The van der Waals surface area contributed by atoms with E-state index >= 15 is 0 Å². The van der Waals surface area contributed by atoms with E-state index in [0.717, 1.165) is 13.0 Å². The Kier molecular flexibility index (Phi) is 12.2. The lowest BCUT2D eigenvalue weighted by Gasteiger charge is -2.15. The van der Waals surface area contributed by atoms with Gasteiger partial charge in [-0.1, -0.05) is 12.1 Å². The lowest BCUT2D eigenvalue weighted by atomic mass is 10.1. The van der Waals surface area contributed by atoms with E-state index < -0.39 is 73.3 Å². The third-order valence-electron chi connectivity index (χ3n) is 5.36. The second-order valence-corrected chi connectivity index (χ2v) is 8.53. The summed E-state index contributed by atoms with van der Waals surface area (Å²) in [6.45, 7) is -0.869. The number of esters is 5. The zero-order chi connectivity index (χ0) is 28.2. The topological polar surface area (TPSA) is 259 Å². The van der Waals surface area contributed by atoms with Gasteiger partial charge < -0.3 is 52.3 Å². The molecule has 1 aliphatic rings. The molecule has 1 saturated heterocycles. The number of hydrogen-bond acceptors (Lipinski definition) is 15. The largest absolute Gasteiger partial charge is 0.462 e. The first kappa shape index (κ1) is 30.8. The highest BCUT2D eigenvalue weighted by Gasteiger charge is 2.27. The van der Waals surface area contributed by atoms with Gasteiger partial charge in [-0.25, -0.2) is 14.4 Å². The maximum atomic E-state index is 12.2. The zero-order valence-corrected chi connectivity index (χ0v) is 20.6. The zero-order valence-electron chi connectivity index (χ0n) is 20.6. The van der Waals surface area contributed by atoms with Crippen LogP contribution < -0.4 is 33.0 Å². The van der Waals surface area contributed by atoms with Crippen LogP contribution in [0.2, 0.25) is 0 Å². The number of aliphatic hydroxyl groups is 1. The molecule has 15 heteroatoms. The molecule has 0 radical (unpaired) electrons. The van der Waals surface area contributed by atoms with Crippen LogP contribution in [0.15, 0.2) is 24.3 Å². The van der Waals surface area contributed by atoms with Crippen LogP contribution in [-0.4, -0.2) is 91.5 Å². The van der Waals surface area contributed by atoms with E-state index in [4.69, 9.17) is 37.5 Å². The smallest absolute Gasteiger partial charge is 0.334 e. The van der Waals surface area contributed by atoms with Crippen molar-refractivity contribution in [3.8, 4) is 5.75 Å². The highest BCUT2D eigenvalue weighted by molar-refractivity contribution is 5.91. The summed E-state index contributed by atoms with van der Waals surface area (Å²) in [6.07, 6.45) is 1.50. The second kappa shape index (κ2) is 15.1. The van der Waals surface area contributed by atoms with Crippen molar-refractivity contribution in [2.45, 2.75) is 49.5 Å². The van der Waals surface area contributed by atoms with Crippen LogP contribution in [0.5, 0.6) is 5.75 Å². The molecule has 10 N–H and O–H groups in total. The number of ether oxygens (including phenoxy) is 4. The maximum absolute atomic E-state index is 12.2. The van der Waals surface area contributed by atoms with Crippen LogP contribution in [-0.2, 0) is 44.6 Å². The van der Waals surface area contributed by atoms with Gasteiger partial charge in [-0.15, -0.1) is 0 Å². The van der Waals surface area contributed by atoms with Crippen LogP contribution in [0.25, 0.3) is 0 Å². The second-order valence-electron chi connectivity index (χ2n) is 8.53. The van der Waals surface area contributed by atoms with Gasteiger partial charge in [-0.05, 0) is 43.5 Å². The first-order chi connectivity index (χ1) is 18.0. The van der Waals surface area contributed by atoms with E-state index in [0.29, 0.717) is 12.0 Å². The molecule has 2 rings (SSSR count). The fraction of sp³-hybridized carbons (Fsp3) is 0.522. The monoisotopic (exact) mass is 539 g/mol. The molecular formula is C23H33N5O10. The van der Waals surface area contributed by atoms with Gasteiger partial charge in [0.05, 0.1) is 6.61 Å². The molecule has 0 amide bonds. The summed E-state index contributed by atoms with van der Waals surface area (Å²) >= 11 is 0. The van der Waals surface area contributed by atoms with Crippen LogP contribution in [0.1, 0.15) is 18.4 Å². The van der Waals surface area contributed by atoms with Gasteiger partial charge in [0.1, 0.15) is 49.2 Å². The third-order valence-corrected chi connectivity index (χ3v) is 5.36. The Balaban J connectivity index is 1.75. The minimum atomic E-state index is -1.47. The molecule has 0 bridgehead atoms. The van der Waals surface area contributed by atoms with Gasteiger partial charge in [0.15, 0.2) is 0 Å². The van der Waals surface area contributed by atoms with Crippen molar-refractivity contribution >= 4 is 29.8 Å². The summed E-state index contributed by atoms with van der Waals surface area (Å²) < 4.78 is 19.5. The maximum Gasteiger partial charge on any atom is 0.334 e. The number of nitrogens with one attached hydrogen (secondary N) is 1. The number of rotatable bonds is 13. The molecular weight excluding hydrogens is 506 g/mol. The predicted molar refractivity (Wildman–Crippen MR) is 129 cm³/mol. The highest BCUT2D eigenvalue weighted by Crippen LogP contribution is 2.14. The number of aliphatic hydroxyl groups excluding tert-OH is 1. The van der Waals surface area contributed by atoms with E-state index in [2.05, 4.69) is 14.8 Å². The standard InChI is InChI=1S/C23H33N5O10/c24-14(20(31)38-22(33)17(27)10-35-19(30)15(25)9-29)8-12-3-5-13(6-4-12)37-21(32)16(26)11-36-23(34)18-2-1-7-28-18/h3-6,14-18,28-29H,1-2,7-11,24-27H2/t14-,15-,16-,17-,18-/m0/s1. The third kappa shape index (κ3) is 9.77. The molecule has 1 aliphatic heterocycles. The predicted octanol–water partition coefficient (Wildman–Crippen LogP) is -3.66. The fourth-order valence-electron chi connectivity index (χ4n) is 3.12. The van der Waals surface area contributed by atoms with Crippen molar-refractivity contribution < 1.29 is 48.0 Å². The van der Waals surface area contributed by atoms with Crippen molar-refractivity contribution in [2.75, 3.05) is 26.4 Å². The molecule has 15 nitrogen and oxygen atoms in total. The Hall–Kier alpha value is -3.47. The number of carbonyl (C=O) groups excluding carboxylic acids is 5. The minimum absolute atomic E-state index is 0.0272. The molecule has 1 aromatic rings. The average Bonchev–Trinajstić information content (AvgIpc) is 3.45. The first-order valence-corrected chi connectivity index (χ1v) is 11.8. The Labute approximate surface area is 218 Å². The number of carbonyl (C=O) groups is 5. The molecule has 1 fully saturated rings. The average molecular weight is 540 g/mol. The molecule has 1 heterocycles. The van der Waals surface area contributed by atoms with Crippen LogP contribution in [0.4, 0.5) is 0 Å². The summed E-state index contributed by atoms with van der Waals surface area (Å²) in [5.74, 6) is -4.32.